The first-order valence-electron chi connectivity index (χ1n) is 6.00. The van der Waals surface area contributed by atoms with Crippen LogP contribution in [0, 0.1) is 5.92 Å². The van der Waals surface area contributed by atoms with Crippen molar-refractivity contribution in [3.63, 3.8) is 0 Å². The standard InChI is InChI=1S/C12H22O6/c1-8(2)12(18-17-11(5)14)7-6-9(3)15-16-10(4)13/h8-9,12H,6-7H2,1-5H3. The van der Waals surface area contributed by atoms with Crippen molar-refractivity contribution >= 4 is 11.9 Å². The van der Waals surface area contributed by atoms with E-state index < -0.39 is 11.9 Å². The van der Waals surface area contributed by atoms with E-state index in [1.54, 1.807) is 6.92 Å². The summed E-state index contributed by atoms with van der Waals surface area (Å²) in [6, 6.07) is 0. The van der Waals surface area contributed by atoms with Crippen LogP contribution in [0.1, 0.15) is 47.5 Å². The van der Waals surface area contributed by atoms with E-state index in [4.69, 9.17) is 9.78 Å². The molecular formula is C12H22O6. The Bertz CT molecular complexity index is 263. The summed E-state index contributed by atoms with van der Waals surface area (Å²) in [4.78, 5) is 40.0. The molecule has 0 fully saturated rings. The molecule has 0 radical (unpaired) electrons. The monoisotopic (exact) mass is 262 g/mol. The van der Waals surface area contributed by atoms with Crippen LogP contribution in [0.2, 0.25) is 0 Å². The van der Waals surface area contributed by atoms with E-state index in [1.807, 2.05) is 13.8 Å². The zero-order chi connectivity index (χ0) is 14.1. The molecule has 6 nitrogen and oxygen atoms in total. The van der Waals surface area contributed by atoms with Gasteiger partial charge in [0.05, 0.1) is 0 Å². The lowest BCUT2D eigenvalue weighted by Gasteiger charge is -2.20. The maximum atomic E-state index is 10.7. The number of rotatable bonds is 8. The van der Waals surface area contributed by atoms with Gasteiger partial charge in [-0.05, 0) is 25.7 Å². The van der Waals surface area contributed by atoms with Gasteiger partial charge in [0.15, 0.2) is 0 Å². The molecule has 2 unspecified atom stereocenters. The summed E-state index contributed by atoms with van der Waals surface area (Å²) in [6.45, 7) is 8.26. The average molecular weight is 262 g/mol. The molecule has 0 aromatic heterocycles. The Morgan fingerprint density at radius 1 is 0.889 bits per heavy atom. The summed E-state index contributed by atoms with van der Waals surface area (Å²) < 4.78 is 0. The van der Waals surface area contributed by atoms with Gasteiger partial charge in [-0.3, -0.25) is 9.78 Å². The average Bonchev–Trinajstić information content (AvgIpc) is 2.25. The maximum Gasteiger partial charge on any atom is 0.339 e. The van der Waals surface area contributed by atoms with Crippen LogP contribution in [-0.2, 0) is 29.1 Å². The molecule has 0 heterocycles. The third-order valence-corrected chi connectivity index (χ3v) is 2.22. The molecule has 0 rings (SSSR count). The second kappa shape index (κ2) is 8.88. The molecule has 106 valence electrons. The molecule has 0 saturated carbocycles. The Morgan fingerprint density at radius 2 is 1.39 bits per heavy atom. The molecule has 0 bridgehead atoms. The van der Waals surface area contributed by atoms with E-state index in [0.29, 0.717) is 12.8 Å². The fraction of sp³-hybridized carbons (Fsp3) is 0.833. The van der Waals surface area contributed by atoms with Crippen LogP contribution < -0.4 is 0 Å². The Labute approximate surface area is 107 Å². The summed E-state index contributed by atoms with van der Waals surface area (Å²) in [5.74, 6) is -0.770. The van der Waals surface area contributed by atoms with E-state index in [2.05, 4.69) is 9.78 Å². The first kappa shape index (κ1) is 16.9. The van der Waals surface area contributed by atoms with E-state index in [9.17, 15) is 9.59 Å². The zero-order valence-corrected chi connectivity index (χ0v) is 11.6. The molecule has 0 spiro atoms. The molecule has 0 aliphatic rings. The van der Waals surface area contributed by atoms with Crippen LogP contribution >= 0.6 is 0 Å². The van der Waals surface area contributed by atoms with Crippen molar-refractivity contribution in [1.82, 2.24) is 0 Å². The number of hydrogen-bond acceptors (Lipinski definition) is 6. The van der Waals surface area contributed by atoms with Gasteiger partial charge in [-0.15, -0.1) is 0 Å². The molecule has 2 atom stereocenters. The Morgan fingerprint density at radius 3 is 1.83 bits per heavy atom. The molecule has 0 aliphatic heterocycles. The summed E-state index contributed by atoms with van der Waals surface area (Å²) in [6.07, 6.45) is 0.804. The van der Waals surface area contributed by atoms with Crippen molar-refractivity contribution in [2.75, 3.05) is 0 Å². The highest BCUT2D eigenvalue weighted by molar-refractivity contribution is 5.65. The highest BCUT2D eigenvalue weighted by Crippen LogP contribution is 2.16. The topological polar surface area (TPSA) is 71.1 Å². The van der Waals surface area contributed by atoms with Crippen molar-refractivity contribution in [2.24, 2.45) is 5.92 Å². The van der Waals surface area contributed by atoms with E-state index in [-0.39, 0.29) is 18.1 Å². The normalized spacial score (nSPS) is 14.1. The van der Waals surface area contributed by atoms with Crippen LogP contribution in [0.5, 0.6) is 0 Å². The minimum atomic E-state index is -0.488. The van der Waals surface area contributed by atoms with Gasteiger partial charge in [-0.1, -0.05) is 13.8 Å². The highest BCUT2D eigenvalue weighted by Gasteiger charge is 2.18. The molecule has 0 N–H and O–H groups in total. The predicted molar refractivity (Wildman–Crippen MR) is 63.0 cm³/mol. The van der Waals surface area contributed by atoms with Crippen LogP contribution in [0.3, 0.4) is 0 Å². The minimum Gasteiger partial charge on any atom is -0.298 e. The molecule has 18 heavy (non-hydrogen) atoms. The Balaban J connectivity index is 3.94. The summed E-state index contributed by atoms with van der Waals surface area (Å²) >= 11 is 0. The molecule has 0 aromatic rings. The fourth-order valence-electron chi connectivity index (χ4n) is 1.22. The molecule has 0 aliphatic carbocycles. The summed E-state index contributed by atoms with van der Waals surface area (Å²) in [5, 5.41) is 0. The highest BCUT2D eigenvalue weighted by atomic mass is 17.2. The second-order valence-corrected chi connectivity index (χ2v) is 4.51. The molecule has 0 aromatic carbocycles. The van der Waals surface area contributed by atoms with Gasteiger partial charge >= 0.3 is 11.9 Å². The van der Waals surface area contributed by atoms with Crippen molar-refractivity contribution in [3.8, 4) is 0 Å². The molecule has 0 saturated heterocycles. The lowest BCUT2D eigenvalue weighted by molar-refractivity contribution is -0.311. The second-order valence-electron chi connectivity index (χ2n) is 4.51. The Kier molecular flexibility index (Phi) is 8.32. The molecule has 0 amide bonds. The van der Waals surface area contributed by atoms with Crippen molar-refractivity contribution in [2.45, 2.75) is 59.7 Å². The van der Waals surface area contributed by atoms with Gasteiger partial charge in [0, 0.05) is 13.8 Å². The van der Waals surface area contributed by atoms with Gasteiger partial charge in [0.2, 0.25) is 0 Å². The lowest BCUT2D eigenvalue weighted by Crippen LogP contribution is -2.23. The zero-order valence-electron chi connectivity index (χ0n) is 11.6. The number of carbonyl (C=O) groups excluding carboxylic acids is 2. The van der Waals surface area contributed by atoms with Crippen LogP contribution in [0.25, 0.3) is 0 Å². The fourth-order valence-corrected chi connectivity index (χ4v) is 1.22. The van der Waals surface area contributed by atoms with E-state index >= 15 is 0 Å². The van der Waals surface area contributed by atoms with Crippen LogP contribution in [0.15, 0.2) is 0 Å². The Hall–Kier alpha value is -1.14. The van der Waals surface area contributed by atoms with Gasteiger partial charge in [0.1, 0.15) is 12.2 Å². The molecule has 6 heteroatoms. The van der Waals surface area contributed by atoms with Gasteiger partial charge in [-0.2, -0.15) is 9.78 Å². The SMILES string of the molecule is CC(=O)OOC(C)CCC(OOC(C)=O)C(C)C. The van der Waals surface area contributed by atoms with E-state index in [0.717, 1.165) is 0 Å². The van der Waals surface area contributed by atoms with Crippen LogP contribution in [0.4, 0.5) is 0 Å². The number of carbonyl (C=O) groups is 2. The van der Waals surface area contributed by atoms with Crippen molar-refractivity contribution < 1.29 is 29.1 Å². The van der Waals surface area contributed by atoms with Gasteiger partial charge in [0.25, 0.3) is 0 Å². The smallest absolute Gasteiger partial charge is 0.298 e. The summed E-state index contributed by atoms with van der Waals surface area (Å²) in [5.41, 5.74) is 0. The van der Waals surface area contributed by atoms with Crippen molar-refractivity contribution in [3.05, 3.63) is 0 Å². The number of hydrogen-bond donors (Lipinski definition) is 0. The maximum absolute atomic E-state index is 10.7. The first-order valence-corrected chi connectivity index (χ1v) is 6.00. The third-order valence-electron chi connectivity index (χ3n) is 2.22. The predicted octanol–water partition coefficient (Wildman–Crippen LogP) is 2.17. The minimum absolute atomic E-state index is 0.199. The first-order chi connectivity index (χ1) is 8.32. The van der Waals surface area contributed by atoms with Crippen LogP contribution in [-0.4, -0.2) is 24.1 Å². The molecular weight excluding hydrogens is 240 g/mol. The van der Waals surface area contributed by atoms with Gasteiger partial charge in [-0.25, -0.2) is 9.59 Å². The quantitative estimate of drug-likeness (QED) is 0.493. The van der Waals surface area contributed by atoms with Gasteiger partial charge < -0.3 is 0 Å². The van der Waals surface area contributed by atoms with E-state index in [1.165, 1.54) is 13.8 Å². The summed E-state index contributed by atoms with van der Waals surface area (Å²) in [7, 11) is 0. The third kappa shape index (κ3) is 8.95. The lowest BCUT2D eigenvalue weighted by atomic mass is 10.0. The van der Waals surface area contributed by atoms with Crippen molar-refractivity contribution in [1.29, 1.82) is 0 Å². The largest absolute Gasteiger partial charge is 0.339 e.